The molecule has 4 N–H and O–H groups in total. The number of hydrogen-bond acceptors (Lipinski definition) is 8. The van der Waals surface area contributed by atoms with Crippen LogP contribution in [0.4, 0.5) is 34.6 Å². The molecule has 6 rings (SSSR count). The highest BCUT2D eigenvalue weighted by atomic mass is 35.5. The van der Waals surface area contributed by atoms with Crippen LogP contribution in [-0.4, -0.2) is 39.6 Å². The molecule has 1 aromatic heterocycles. The molecule has 0 bridgehead atoms. The van der Waals surface area contributed by atoms with Crippen LogP contribution in [0.25, 0.3) is 10.9 Å². The number of halogens is 5. The summed E-state index contributed by atoms with van der Waals surface area (Å²) < 4.78 is 54.5. The summed E-state index contributed by atoms with van der Waals surface area (Å²) in [5.41, 5.74) is 8.32. The number of benzene rings is 3. The van der Waals surface area contributed by atoms with Gasteiger partial charge in [0.1, 0.15) is 11.9 Å². The van der Waals surface area contributed by atoms with Crippen molar-refractivity contribution in [2.75, 3.05) is 23.7 Å². The van der Waals surface area contributed by atoms with E-state index in [0.29, 0.717) is 28.7 Å². The first-order valence-electron chi connectivity index (χ1n) is 15.6. The number of fused-ring (bicyclic) bond motifs is 1. The van der Waals surface area contributed by atoms with Gasteiger partial charge in [-0.1, -0.05) is 41.9 Å². The molecule has 0 radical (unpaired) electrons. The van der Waals surface area contributed by atoms with Crippen molar-refractivity contribution in [1.82, 2.24) is 25.9 Å². The fourth-order valence-electron chi connectivity index (χ4n) is 6.18. The Balaban J connectivity index is 1.34. The lowest BCUT2D eigenvalue weighted by Gasteiger charge is -2.42. The van der Waals surface area contributed by atoms with Crippen molar-refractivity contribution in [3.05, 3.63) is 106 Å². The fraction of sp³-hybridized carbons (Fsp3) is 0.314. The van der Waals surface area contributed by atoms with Crippen LogP contribution in [0.5, 0.6) is 0 Å². The van der Waals surface area contributed by atoms with Crippen LogP contribution in [0.1, 0.15) is 56.3 Å². The molecule has 1 atom stereocenters. The second kappa shape index (κ2) is 13.1. The number of alkyl halides is 3. The zero-order chi connectivity index (χ0) is 34.2. The molecular formula is C35H35ClF4N8. The van der Waals surface area contributed by atoms with Crippen molar-refractivity contribution in [2.45, 2.75) is 57.4 Å². The summed E-state index contributed by atoms with van der Waals surface area (Å²) >= 11 is 6.73. The number of anilines is 3. The van der Waals surface area contributed by atoms with Crippen molar-refractivity contribution in [1.29, 1.82) is 5.26 Å². The molecule has 3 heterocycles. The number of nitrogens with zero attached hydrogens (tertiary/aromatic N) is 4. The molecule has 250 valence electrons. The summed E-state index contributed by atoms with van der Waals surface area (Å²) in [6.45, 7) is 8.70. The molecule has 0 saturated carbocycles. The van der Waals surface area contributed by atoms with Crippen LogP contribution in [-0.2, 0) is 6.18 Å². The highest BCUT2D eigenvalue weighted by Crippen LogP contribution is 2.39. The van der Waals surface area contributed by atoms with Gasteiger partial charge in [-0.05, 0) is 69.5 Å². The number of nitrogens with one attached hydrogen (secondary N) is 4. The average molecular weight is 679 g/mol. The number of piperidine rings is 1. The van der Waals surface area contributed by atoms with Gasteiger partial charge in [0, 0.05) is 53.8 Å². The highest BCUT2D eigenvalue weighted by Gasteiger charge is 2.35. The Morgan fingerprint density at radius 1 is 1.02 bits per heavy atom. The first-order chi connectivity index (χ1) is 22.8. The van der Waals surface area contributed by atoms with Crippen molar-refractivity contribution in [2.24, 2.45) is 0 Å². The maximum absolute atomic E-state index is 14.0. The number of nitriles is 1. The van der Waals surface area contributed by atoms with Crippen LogP contribution in [0.15, 0.2) is 78.8 Å². The van der Waals surface area contributed by atoms with Crippen LogP contribution in [0.2, 0.25) is 5.02 Å². The lowest BCUT2D eigenvalue weighted by Crippen LogP contribution is -2.52. The van der Waals surface area contributed by atoms with E-state index in [4.69, 9.17) is 11.6 Å². The predicted octanol–water partition coefficient (Wildman–Crippen LogP) is 8.24. The third kappa shape index (κ3) is 6.99. The first-order valence-corrected chi connectivity index (χ1v) is 15.9. The zero-order valence-corrected chi connectivity index (χ0v) is 27.3. The predicted molar refractivity (Wildman–Crippen MR) is 179 cm³/mol. The summed E-state index contributed by atoms with van der Waals surface area (Å²) in [5, 5.41) is 19.1. The molecule has 8 nitrogen and oxygen atoms in total. The molecule has 0 unspecified atom stereocenters. The van der Waals surface area contributed by atoms with E-state index in [1.807, 2.05) is 36.4 Å². The van der Waals surface area contributed by atoms with Gasteiger partial charge >= 0.3 is 6.18 Å². The molecule has 3 aromatic carbocycles. The van der Waals surface area contributed by atoms with E-state index >= 15 is 0 Å². The number of likely N-dealkylation sites (tertiary alicyclic amines) is 1. The second-order valence-corrected chi connectivity index (χ2v) is 13.3. The van der Waals surface area contributed by atoms with Gasteiger partial charge < -0.3 is 16.1 Å². The molecule has 2 aliphatic heterocycles. The second-order valence-electron chi connectivity index (χ2n) is 12.9. The van der Waals surface area contributed by atoms with Gasteiger partial charge in [0.05, 0.1) is 39.1 Å². The normalized spacial score (nSPS) is 16.7. The van der Waals surface area contributed by atoms with E-state index < -0.39 is 17.6 Å². The number of pyridine rings is 1. The van der Waals surface area contributed by atoms with Gasteiger partial charge in [-0.3, -0.25) is 14.9 Å². The van der Waals surface area contributed by atoms with E-state index in [1.54, 1.807) is 12.1 Å². The van der Waals surface area contributed by atoms with Crippen LogP contribution in [0.3, 0.4) is 0 Å². The van der Waals surface area contributed by atoms with Crippen molar-refractivity contribution in [3.63, 3.8) is 0 Å². The minimum absolute atomic E-state index is 0.0517. The summed E-state index contributed by atoms with van der Waals surface area (Å²) in [5.74, 6) is -1.40. The molecule has 0 aliphatic carbocycles. The quantitative estimate of drug-likeness (QED) is 0.145. The maximum atomic E-state index is 14.0. The largest absolute Gasteiger partial charge is 0.419 e. The Morgan fingerprint density at radius 3 is 2.42 bits per heavy atom. The van der Waals surface area contributed by atoms with E-state index in [0.717, 1.165) is 43.3 Å². The highest BCUT2D eigenvalue weighted by molar-refractivity contribution is 6.36. The Bertz CT molecular complexity index is 1880. The summed E-state index contributed by atoms with van der Waals surface area (Å²) in [7, 11) is 0. The Hall–Kier alpha value is -4.57. The molecular weight excluding hydrogens is 644 g/mol. The van der Waals surface area contributed by atoms with E-state index in [2.05, 4.69) is 63.5 Å². The average Bonchev–Trinajstić information content (AvgIpc) is 3.54. The topological polar surface area (TPSA) is 91.3 Å². The van der Waals surface area contributed by atoms with Crippen LogP contribution < -0.4 is 21.6 Å². The zero-order valence-electron chi connectivity index (χ0n) is 26.6. The summed E-state index contributed by atoms with van der Waals surface area (Å²) in [4.78, 5) is 6.85. The van der Waals surface area contributed by atoms with Gasteiger partial charge in [-0.2, -0.15) is 18.4 Å². The Kier molecular flexibility index (Phi) is 9.13. The third-order valence-corrected chi connectivity index (χ3v) is 9.04. The Morgan fingerprint density at radius 2 is 1.75 bits per heavy atom. The third-order valence-electron chi connectivity index (χ3n) is 8.76. The van der Waals surface area contributed by atoms with Crippen molar-refractivity contribution >= 4 is 39.6 Å². The number of rotatable bonds is 7. The van der Waals surface area contributed by atoms with Gasteiger partial charge in [0.15, 0.2) is 0 Å². The SMILES string of the molecule is CC(C)(C)N1CCC(N2C=C([C@@H](Nc3cc(Cl)c4ncc(C#N)c(Nc5ccc(F)c(C(F)(F)F)c5)c4c3)c3ccccc3)NN2)CC1. The van der Waals surface area contributed by atoms with Gasteiger partial charge in [0.25, 0.3) is 0 Å². The summed E-state index contributed by atoms with van der Waals surface area (Å²) in [6.07, 6.45) is 0.470. The summed E-state index contributed by atoms with van der Waals surface area (Å²) in [6, 6.07) is 17.9. The first kappa shape index (κ1) is 33.3. The van der Waals surface area contributed by atoms with E-state index in [-0.39, 0.29) is 33.5 Å². The fourth-order valence-corrected chi connectivity index (χ4v) is 6.45. The lowest BCUT2D eigenvalue weighted by molar-refractivity contribution is -0.139. The lowest BCUT2D eigenvalue weighted by atomic mass is 9.98. The molecule has 4 aromatic rings. The number of aromatic nitrogens is 1. The van der Waals surface area contributed by atoms with Gasteiger partial charge in [-0.15, -0.1) is 5.53 Å². The monoisotopic (exact) mass is 678 g/mol. The molecule has 2 aliphatic rings. The minimum Gasteiger partial charge on any atom is -0.373 e. The van der Waals surface area contributed by atoms with Crippen LogP contribution >= 0.6 is 11.6 Å². The Labute approximate surface area is 281 Å². The molecule has 13 heteroatoms. The van der Waals surface area contributed by atoms with E-state index in [9.17, 15) is 22.8 Å². The molecule has 1 saturated heterocycles. The number of hydrazine groups is 2. The standard InChI is InChI=1S/C35H35ClF4N8/c1-34(2,3)47-13-11-25(12-14-47)48-20-30(45-46-48)32(21-7-5-4-6-8-21)44-24-15-26-31(22(18-41)19-42-33(26)28(36)17-24)43-23-9-10-29(37)27(16-23)35(38,39)40/h4-10,15-17,19-20,25,32,44-46H,11-14H2,1-3H3,(H,42,43)/t32-/m0/s1. The van der Waals surface area contributed by atoms with E-state index in [1.165, 1.54) is 12.3 Å². The van der Waals surface area contributed by atoms with Gasteiger partial charge in [-0.25, -0.2) is 4.39 Å². The van der Waals surface area contributed by atoms with Crippen molar-refractivity contribution < 1.29 is 17.6 Å². The molecule has 1 fully saturated rings. The number of hydrogen-bond donors (Lipinski definition) is 4. The molecule has 0 amide bonds. The molecule has 48 heavy (non-hydrogen) atoms. The van der Waals surface area contributed by atoms with Crippen LogP contribution in [0, 0.1) is 17.1 Å². The van der Waals surface area contributed by atoms with Gasteiger partial charge in [0.2, 0.25) is 0 Å². The van der Waals surface area contributed by atoms with Crippen molar-refractivity contribution in [3.8, 4) is 6.07 Å². The maximum Gasteiger partial charge on any atom is 0.419 e. The molecule has 0 spiro atoms. The minimum atomic E-state index is -4.90. The smallest absolute Gasteiger partial charge is 0.373 e.